The van der Waals surface area contributed by atoms with Crippen molar-refractivity contribution in [1.82, 2.24) is 4.98 Å². The second-order valence-electron chi connectivity index (χ2n) is 4.96. The fourth-order valence-electron chi connectivity index (χ4n) is 2.14. The molecule has 0 amide bonds. The summed E-state index contributed by atoms with van der Waals surface area (Å²) >= 11 is 7.50. The highest BCUT2D eigenvalue weighted by atomic mass is 35.5. The number of thiazole rings is 1. The molecular weight excluding hydrogens is 318 g/mol. The van der Waals surface area contributed by atoms with E-state index in [-0.39, 0.29) is 5.97 Å². The molecule has 3 aromatic rings. The Labute approximate surface area is 137 Å². The minimum atomic E-state index is -0.260. The van der Waals surface area contributed by atoms with Crippen molar-refractivity contribution < 1.29 is 9.53 Å². The van der Waals surface area contributed by atoms with Gasteiger partial charge in [0.15, 0.2) is 0 Å². The van der Waals surface area contributed by atoms with E-state index in [1.54, 1.807) is 29.5 Å². The molecule has 5 heteroatoms. The van der Waals surface area contributed by atoms with Crippen molar-refractivity contribution in [1.29, 1.82) is 0 Å². The van der Waals surface area contributed by atoms with E-state index >= 15 is 0 Å². The van der Waals surface area contributed by atoms with Gasteiger partial charge in [-0.15, -0.1) is 11.3 Å². The molecule has 22 heavy (non-hydrogen) atoms. The molecule has 0 unspecified atom stereocenters. The molecule has 1 aromatic heterocycles. The van der Waals surface area contributed by atoms with Crippen molar-refractivity contribution in [2.45, 2.75) is 19.8 Å². The van der Waals surface area contributed by atoms with Crippen LogP contribution in [0.4, 0.5) is 0 Å². The number of rotatable bonds is 4. The summed E-state index contributed by atoms with van der Waals surface area (Å²) in [5.41, 5.74) is 1.82. The molecule has 3 nitrogen and oxygen atoms in total. The van der Waals surface area contributed by atoms with Crippen LogP contribution in [0.1, 0.15) is 17.0 Å². The Kier molecular flexibility index (Phi) is 4.41. The van der Waals surface area contributed by atoms with Gasteiger partial charge in [-0.2, -0.15) is 0 Å². The average Bonchev–Trinajstić information content (AvgIpc) is 2.91. The molecule has 0 atom stereocenters. The van der Waals surface area contributed by atoms with Crippen molar-refractivity contribution in [3.63, 3.8) is 0 Å². The maximum Gasteiger partial charge on any atom is 0.311 e. The second kappa shape index (κ2) is 6.46. The molecule has 3 rings (SSSR count). The quantitative estimate of drug-likeness (QED) is 0.509. The summed E-state index contributed by atoms with van der Waals surface area (Å²) in [6, 6.07) is 13.2. The predicted octanol–water partition coefficient (Wildman–Crippen LogP) is 4.80. The molecular formula is C17H14ClNO2S. The summed E-state index contributed by atoms with van der Waals surface area (Å²) in [7, 11) is 0. The first-order valence-corrected chi connectivity index (χ1v) is 8.12. The second-order valence-corrected chi connectivity index (χ2v) is 6.51. The summed E-state index contributed by atoms with van der Waals surface area (Å²) in [6.07, 6.45) is 0.896. The molecule has 0 bridgehead atoms. The zero-order valence-corrected chi connectivity index (χ0v) is 13.6. The van der Waals surface area contributed by atoms with Crippen LogP contribution in [0.5, 0.6) is 5.75 Å². The molecule has 0 saturated heterocycles. The number of para-hydroxylation sites is 1. The third kappa shape index (κ3) is 3.46. The smallest absolute Gasteiger partial charge is 0.311 e. The lowest BCUT2D eigenvalue weighted by molar-refractivity contribution is -0.134. The fourth-order valence-corrected chi connectivity index (χ4v) is 3.33. The lowest BCUT2D eigenvalue weighted by atomic mass is 10.2. The molecule has 0 fully saturated rings. The van der Waals surface area contributed by atoms with Crippen molar-refractivity contribution in [2.75, 3.05) is 0 Å². The van der Waals surface area contributed by atoms with Gasteiger partial charge < -0.3 is 4.74 Å². The number of ether oxygens (including phenoxy) is 1. The van der Waals surface area contributed by atoms with E-state index in [0.29, 0.717) is 23.6 Å². The minimum absolute atomic E-state index is 0.260. The third-order valence-electron chi connectivity index (χ3n) is 3.24. The van der Waals surface area contributed by atoms with Crippen LogP contribution in [0.3, 0.4) is 0 Å². The number of halogens is 1. The highest BCUT2D eigenvalue weighted by molar-refractivity contribution is 7.18. The van der Waals surface area contributed by atoms with E-state index in [9.17, 15) is 4.79 Å². The Morgan fingerprint density at radius 1 is 1.27 bits per heavy atom. The number of nitrogens with zero attached hydrogens (tertiary/aromatic N) is 1. The normalized spacial score (nSPS) is 10.8. The zero-order chi connectivity index (χ0) is 15.5. The van der Waals surface area contributed by atoms with Crippen LogP contribution in [0, 0.1) is 6.92 Å². The van der Waals surface area contributed by atoms with Crippen LogP contribution in [0.25, 0.3) is 10.2 Å². The zero-order valence-electron chi connectivity index (χ0n) is 12.0. The number of hydrogen-bond donors (Lipinski definition) is 0. The lowest BCUT2D eigenvalue weighted by Crippen LogP contribution is -2.09. The Balaban J connectivity index is 1.62. The maximum atomic E-state index is 12.0. The van der Waals surface area contributed by atoms with Crippen molar-refractivity contribution in [3.05, 3.63) is 58.1 Å². The SMILES string of the molecule is Cc1cc(Cl)ccc1OC(=O)CCc1nc2ccccc2s1. The first-order chi connectivity index (χ1) is 10.6. The molecule has 2 aromatic carbocycles. The summed E-state index contributed by atoms with van der Waals surface area (Å²) < 4.78 is 6.51. The Bertz CT molecular complexity index is 795. The number of aromatic nitrogens is 1. The Morgan fingerprint density at radius 2 is 2.09 bits per heavy atom. The number of esters is 1. The van der Waals surface area contributed by atoms with Gasteiger partial charge in [0, 0.05) is 11.4 Å². The molecule has 0 radical (unpaired) electrons. The number of benzene rings is 2. The molecule has 0 aliphatic carbocycles. The number of carbonyl (C=O) groups excluding carboxylic acids is 1. The summed E-state index contributed by atoms with van der Waals surface area (Å²) in [6.45, 7) is 1.86. The van der Waals surface area contributed by atoms with Gasteiger partial charge in [0.2, 0.25) is 0 Å². The van der Waals surface area contributed by atoms with E-state index < -0.39 is 0 Å². The maximum absolute atomic E-state index is 12.0. The summed E-state index contributed by atoms with van der Waals surface area (Å²) in [4.78, 5) is 16.5. The number of carbonyl (C=O) groups is 1. The number of hydrogen-bond acceptors (Lipinski definition) is 4. The monoisotopic (exact) mass is 331 g/mol. The van der Waals surface area contributed by atoms with E-state index in [1.807, 2.05) is 31.2 Å². The van der Waals surface area contributed by atoms with Gasteiger partial charge in [0.05, 0.1) is 21.6 Å². The molecule has 0 spiro atoms. The topological polar surface area (TPSA) is 39.2 Å². The number of aryl methyl sites for hydroxylation is 2. The summed E-state index contributed by atoms with van der Waals surface area (Å²) in [5, 5.41) is 1.58. The Morgan fingerprint density at radius 3 is 2.86 bits per heavy atom. The minimum Gasteiger partial charge on any atom is -0.426 e. The van der Waals surface area contributed by atoms with Gasteiger partial charge in [-0.3, -0.25) is 4.79 Å². The fraction of sp³-hybridized carbons (Fsp3) is 0.176. The van der Waals surface area contributed by atoms with Gasteiger partial charge in [-0.25, -0.2) is 4.98 Å². The van der Waals surface area contributed by atoms with Crippen LogP contribution in [-0.2, 0) is 11.2 Å². The first kappa shape index (κ1) is 15.0. The molecule has 1 heterocycles. The Hall–Kier alpha value is -1.91. The van der Waals surface area contributed by atoms with Gasteiger partial charge in [-0.1, -0.05) is 23.7 Å². The van der Waals surface area contributed by atoms with Crippen LogP contribution in [0.2, 0.25) is 5.02 Å². The van der Waals surface area contributed by atoms with E-state index in [2.05, 4.69) is 4.98 Å². The van der Waals surface area contributed by atoms with Crippen molar-refractivity contribution in [3.8, 4) is 5.75 Å². The van der Waals surface area contributed by atoms with E-state index in [4.69, 9.17) is 16.3 Å². The first-order valence-electron chi connectivity index (χ1n) is 6.93. The van der Waals surface area contributed by atoms with Crippen molar-refractivity contribution in [2.24, 2.45) is 0 Å². The number of fused-ring (bicyclic) bond motifs is 1. The van der Waals surface area contributed by atoms with Gasteiger partial charge in [-0.05, 0) is 42.8 Å². The largest absolute Gasteiger partial charge is 0.426 e. The van der Waals surface area contributed by atoms with Gasteiger partial charge in [0.1, 0.15) is 5.75 Å². The molecule has 0 N–H and O–H groups in total. The molecule has 112 valence electrons. The van der Waals surface area contributed by atoms with Crippen molar-refractivity contribution >= 4 is 39.1 Å². The molecule has 0 aliphatic heterocycles. The van der Waals surface area contributed by atoms with Crippen LogP contribution in [0.15, 0.2) is 42.5 Å². The highest BCUT2D eigenvalue weighted by Gasteiger charge is 2.10. The molecule has 0 saturated carbocycles. The third-order valence-corrected chi connectivity index (χ3v) is 4.57. The van der Waals surface area contributed by atoms with Gasteiger partial charge in [0.25, 0.3) is 0 Å². The van der Waals surface area contributed by atoms with Crippen LogP contribution >= 0.6 is 22.9 Å². The molecule has 0 aliphatic rings. The van der Waals surface area contributed by atoms with E-state index in [0.717, 1.165) is 20.8 Å². The average molecular weight is 332 g/mol. The van der Waals surface area contributed by atoms with Crippen LogP contribution in [-0.4, -0.2) is 11.0 Å². The highest BCUT2D eigenvalue weighted by Crippen LogP contribution is 2.24. The van der Waals surface area contributed by atoms with Gasteiger partial charge >= 0.3 is 5.97 Å². The standard InChI is InChI=1S/C17H14ClNO2S/c1-11-10-12(18)6-7-14(11)21-17(20)9-8-16-19-13-4-2-3-5-15(13)22-16/h2-7,10H,8-9H2,1H3. The summed E-state index contributed by atoms with van der Waals surface area (Å²) in [5.74, 6) is 0.295. The van der Waals surface area contributed by atoms with E-state index in [1.165, 1.54) is 0 Å². The van der Waals surface area contributed by atoms with Crippen LogP contribution < -0.4 is 4.74 Å². The lowest BCUT2D eigenvalue weighted by Gasteiger charge is -2.06. The predicted molar refractivity (Wildman–Crippen MR) is 89.8 cm³/mol.